The van der Waals surface area contributed by atoms with Gasteiger partial charge in [0.25, 0.3) is 5.91 Å². The molecule has 30 heavy (non-hydrogen) atoms. The zero-order valence-electron chi connectivity index (χ0n) is 18.9. The SMILES string of the molecule is CC(C)NC(=O)C(C)N(Cc1ccccc1)C(=O)COc1ccc(C(C)(C)C)cc1. The molecule has 0 saturated carbocycles. The molecule has 0 aliphatic carbocycles. The van der Waals surface area contributed by atoms with Crippen LogP contribution in [0.3, 0.4) is 0 Å². The number of benzene rings is 2. The van der Waals surface area contributed by atoms with E-state index in [2.05, 4.69) is 26.1 Å². The predicted octanol–water partition coefficient (Wildman–Crippen LogP) is 4.30. The maximum absolute atomic E-state index is 13.0. The molecule has 1 atom stereocenters. The molecule has 0 heterocycles. The summed E-state index contributed by atoms with van der Waals surface area (Å²) in [4.78, 5) is 27.1. The summed E-state index contributed by atoms with van der Waals surface area (Å²) in [5.74, 6) is 0.226. The summed E-state index contributed by atoms with van der Waals surface area (Å²) in [6, 6.07) is 16.8. The molecule has 0 aliphatic rings. The number of carbonyl (C=O) groups excluding carboxylic acids is 2. The Morgan fingerprint density at radius 1 is 0.967 bits per heavy atom. The van der Waals surface area contributed by atoms with Crippen LogP contribution in [0.5, 0.6) is 5.75 Å². The summed E-state index contributed by atoms with van der Waals surface area (Å²) in [5.41, 5.74) is 2.22. The molecule has 1 N–H and O–H groups in total. The van der Waals surface area contributed by atoms with Crippen LogP contribution in [-0.2, 0) is 21.5 Å². The molecule has 2 aromatic rings. The minimum Gasteiger partial charge on any atom is -0.484 e. The molecule has 5 nitrogen and oxygen atoms in total. The molecular weight excluding hydrogens is 376 g/mol. The molecule has 2 aromatic carbocycles. The number of nitrogens with one attached hydrogen (secondary N) is 1. The first-order valence-electron chi connectivity index (χ1n) is 10.4. The summed E-state index contributed by atoms with van der Waals surface area (Å²) < 4.78 is 5.74. The van der Waals surface area contributed by atoms with Crippen LogP contribution < -0.4 is 10.1 Å². The number of hydrogen-bond acceptors (Lipinski definition) is 3. The molecule has 0 radical (unpaired) electrons. The monoisotopic (exact) mass is 410 g/mol. The van der Waals surface area contributed by atoms with Gasteiger partial charge in [0.15, 0.2) is 6.61 Å². The van der Waals surface area contributed by atoms with Gasteiger partial charge in [0.05, 0.1) is 0 Å². The average Bonchev–Trinajstić information content (AvgIpc) is 2.69. The number of amides is 2. The van der Waals surface area contributed by atoms with E-state index in [-0.39, 0.29) is 29.9 Å². The van der Waals surface area contributed by atoms with Gasteiger partial charge in [-0.25, -0.2) is 0 Å². The molecule has 0 bridgehead atoms. The van der Waals surface area contributed by atoms with Crippen LogP contribution in [0.15, 0.2) is 54.6 Å². The lowest BCUT2D eigenvalue weighted by molar-refractivity contribution is -0.142. The summed E-state index contributed by atoms with van der Waals surface area (Å²) in [7, 11) is 0. The minimum absolute atomic E-state index is 0.00575. The highest BCUT2D eigenvalue weighted by Crippen LogP contribution is 2.24. The molecule has 0 spiro atoms. The average molecular weight is 411 g/mol. The van der Waals surface area contributed by atoms with Crippen molar-refractivity contribution in [3.63, 3.8) is 0 Å². The Balaban J connectivity index is 2.10. The Morgan fingerprint density at radius 2 is 1.57 bits per heavy atom. The lowest BCUT2D eigenvalue weighted by Crippen LogP contribution is -2.50. The van der Waals surface area contributed by atoms with Crippen molar-refractivity contribution < 1.29 is 14.3 Å². The van der Waals surface area contributed by atoms with E-state index in [9.17, 15) is 9.59 Å². The Labute approximate surface area is 180 Å². The molecule has 162 valence electrons. The van der Waals surface area contributed by atoms with E-state index in [4.69, 9.17) is 4.74 Å². The molecule has 2 rings (SSSR count). The van der Waals surface area contributed by atoms with Gasteiger partial charge < -0.3 is 15.0 Å². The van der Waals surface area contributed by atoms with Crippen LogP contribution in [0.1, 0.15) is 52.7 Å². The van der Waals surface area contributed by atoms with Crippen molar-refractivity contribution in [2.45, 2.75) is 65.6 Å². The third-order valence-electron chi connectivity index (χ3n) is 4.88. The van der Waals surface area contributed by atoms with Gasteiger partial charge in [-0.05, 0) is 49.4 Å². The third kappa shape index (κ3) is 6.90. The van der Waals surface area contributed by atoms with E-state index >= 15 is 0 Å². The van der Waals surface area contributed by atoms with Crippen LogP contribution in [0.4, 0.5) is 0 Å². The smallest absolute Gasteiger partial charge is 0.261 e. The summed E-state index contributed by atoms with van der Waals surface area (Å²) in [6.07, 6.45) is 0. The highest BCUT2D eigenvalue weighted by atomic mass is 16.5. The number of carbonyl (C=O) groups is 2. The second-order valence-corrected chi connectivity index (χ2v) is 8.91. The largest absolute Gasteiger partial charge is 0.484 e. The van der Waals surface area contributed by atoms with Crippen molar-refractivity contribution >= 4 is 11.8 Å². The minimum atomic E-state index is -0.605. The number of nitrogens with zero attached hydrogens (tertiary/aromatic N) is 1. The van der Waals surface area contributed by atoms with Gasteiger partial charge in [0, 0.05) is 12.6 Å². The normalized spacial score (nSPS) is 12.4. The molecule has 1 unspecified atom stereocenters. The number of rotatable bonds is 8. The molecule has 0 saturated heterocycles. The first-order valence-corrected chi connectivity index (χ1v) is 10.4. The first kappa shape index (κ1) is 23.5. The lowest BCUT2D eigenvalue weighted by Gasteiger charge is -2.29. The molecule has 0 fully saturated rings. The van der Waals surface area contributed by atoms with E-state index in [0.717, 1.165) is 5.56 Å². The van der Waals surface area contributed by atoms with E-state index in [1.807, 2.05) is 68.4 Å². The molecule has 0 aliphatic heterocycles. The van der Waals surface area contributed by atoms with Gasteiger partial charge in [-0.2, -0.15) is 0 Å². The lowest BCUT2D eigenvalue weighted by atomic mass is 9.87. The van der Waals surface area contributed by atoms with Gasteiger partial charge in [-0.1, -0.05) is 63.2 Å². The fourth-order valence-electron chi connectivity index (χ4n) is 3.05. The van der Waals surface area contributed by atoms with Crippen LogP contribution >= 0.6 is 0 Å². The molecular formula is C25H34N2O3. The third-order valence-corrected chi connectivity index (χ3v) is 4.88. The van der Waals surface area contributed by atoms with Crippen molar-refractivity contribution in [1.29, 1.82) is 0 Å². The molecule has 5 heteroatoms. The molecule has 0 aromatic heterocycles. The van der Waals surface area contributed by atoms with Crippen molar-refractivity contribution in [2.24, 2.45) is 0 Å². The highest BCUT2D eigenvalue weighted by Gasteiger charge is 2.26. The van der Waals surface area contributed by atoms with Crippen LogP contribution in [0.2, 0.25) is 0 Å². The zero-order valence-corrected chi connectivity index (χ0v) is 18.9. The van der Waals surface area contributed by atoms with Crippen molar-refractivity contribution in [3.8, 4) is 5.75 Å². The second-order valence-electron chi connectivity index (χ2n) is 8.91. The van der Waals surface area contributed by atoms with Gasteiger partial charge in [0.1, 0.15) is 11.8 Å². The van der Waals surface area contributed by atoms with E-state index in [1.54, 1.807) is 11.8 Å². The fraction of sp³-hybridized carbons (Fsp3) is 0.440. The van der Waals surface area contributed by atoms with E-state index in [0.29, 0.717) is 12.3 Å². The summed E-state index contributed by atoms with van der Waals surface area (Å²) in [5, 5.41) is 2.88. The fourth-order valence-corrected chi connectivity index (χ4v) is 3.05. The summed E-state index contributed by atoms with van der Waals surface area (Å²) >= 11 is 0. The van der Waals surface area contributed by atoms with Crippen LogP contribution in [0, 0.1) is 0 Å². The van der Waals surface area contributed by atoms with E-state index in [1.165, 1.54) is 5.56 Å². The Bertz CT molecular complexity index is 824. The Kier molecular flexibility index (Phi) is 8.04. The Hall–Kier alpha value is -2.82. The predicted molar refractivity (Wildman–Crippen MR) is 120 cm³/mol. The van der Waals surface area contributed by atoms with Gasteiger partial charge in [0.2, 0.25) is 5.91 Å². The highest BCUT2D eigenvalue weighted by molar-refractivity contribution is 5.88. The standard InChI is InChI=1S/C25H34N2O3/c1-18(2)26-24(29)19(3)27(16-20-10-8-7-9-11-20)23(28)17-30-22-14-12-21(13-15-22)25(4,5)6/h7-15,18-19H,16-17H2,1-6H3,(H,26,29). The number of hydrogen-bond donors (Lipinski definition) is 1. The first-order chi connectivity index (χ1) is 14.1. The van der Waals surface area contributed by atoms with Crippen molar-refractivity contribution in [2.75, 3.05) is 6.61 Å². The van der Waals surface area contributed by atoms with Crippen LogP contribution in [-0.4, -0.2) is 35.4 Å². The van der Waals surface area contributed by atoms with Gasteiger partial charge in [-0.15, -0.1) is 0 Å². The van der Waals surface area contributed by atoms with Gasteiger partial charge >= 0.3 is 0 Å². The second kappa shape index (κ2) is 10.3. The van der Waals surface area contributed by atoms with Crippen molar-refractivity contribution in [3.05, 3.63) is 65.7 Å². The van der Waals surface area contributed by atoms with Crippen LogP contribution in [0.25, 0.3) is 0 Å². The zero-order chi connectivity index (χ0) is 22.3. The maximum atomic E-state index is 13.0. The quantitative estimate of drug-likeness (QED) is 0.706. The maximum Gasteiger partial charge on any atom is 0.261 e. The molecule has 2 amide bonds. The Morgan fingerprint density at radius 3 is 2.10 bits per heavy atom. The number of ether oxygens (including phenoxy) is 1. The van der Waals surface area contributed by atoms with Crippen molar-refractivity contribution in [1.82, 2.24) is 10.2 Å². The summed E-state index contributed by atoms with van der Waals surface area (Å²) in [6.45, 7) is 12.2. The van der Waals surface area contributed by atoms with Gasteiger partial charge in [-0.3, -0.25) is 9.59 Å². The topological polar surface area (TPSA) is 58.6 Å². The van der Waals surface area contributed by atoms with E-state index < -0.39 is 6.04 Å².